The standard InChI is InChI=1S/C14H14F2N2O/c1-10-3-2-8-17-13(10)9-18-11-4-6-12(7-5-11)19-14(15)16/h2-8,14,18H,9H2,1H3. The van der Waals surface area contributed by atoms with Gasteiger partial charge >= 0.3 is 6.61 Å². The average molecular weight is 264 g/mol. The smallest absolute Gasteiger partial charge is 0.387 e. The summed E-state index contributed by atoms with van der Waals surface area (Å²) in [4.78, 5) is 4.26. The number of halogens is 2. The number of anilines is 1. The monoisotopic (exact) mass is 264 g/mol. The maximum absolute atomic E-state index is 12.0. The van der Waals surface area contributed by atoms with E-state index >= 15 is 0 Å². The van der Waals surface area contributed by atoms with Gasteiger partial charge in [-0.15, -0.1) is 0 Å². The summed E-state index contributed by atoms with van der Waals surface area (Å²) in [6.45, 7) is -0.222. The van der Waals surface area contributed by atoms with Gasteiger partial charge in [0.25, 0.3) is 0 Å². The van der Waals surface area contributed by atoms with Crippen LogP contribution in [0.2, 0.25) is 0 Å². The molecule has 0 atom stereocenters. The van der Waals surface area contributed by atoms with Crippen LogP contribution in [0, 0.1) is 6.92 Å². The summed E-state index contributed by atoms with van der Waals surface area (Å²) in [7, 11) is 0. The molecule has 2 aromatic rings. The van der Waals surface area contributed by atoms with Crippen LogP contribution in [0.25, 0.3) is 0 Å². The Morgan fingerprint density at radius 3 is 2.58 bits per heavy atom. The second kappa shape index (κ2) is 6.13. The summed E-state index contributed by atoms with van der Waals surface area (Å²) in [5, 5.41) is 3.18. The Morgan fingerprint density at radius 1 is 1.21 bits per heavy atom. The number of ether oxygens (including phenoxy) is 1. The fraction of sp³-hybridized carbons (Fsp3) is 0.214. The van der Waals surface area contributed by atoms with Crippen molar-refractivity contribution in [2.75, 3.05) is 5.32 Å². The zero-order valence-corrected chi connectivity index (χ0v) is 10.4. The molecule has 1 aromatic carbocycles. The largest absolute Gasteiger partial charge is 0.435 e. The highest BCUT2D eigenvalue weighted by Gasteiger charge is 2.04. The Morgan fingerprint density at radius 2 is 1.95 bits per heavy atom. The van der Waals surface area contributed by atoms with Gasteiger partial charge in [-0.1, -0.05) is 6.07 Å². The van der Waals surface area contributed by atoms with E-state index in [2.05, 4.69) is 15.0 Å². The molecule has 0 saturated carbocycles. The summed E-state index contributed by atoms with van der Waals surface area (Å²) >= 11 is 0. The highest BCUT2D eigenvalue weighted by molar-refractivity contribution is 5.46. The van der Waals surface area contributed by atoms with Crippen LogP contribution in [0.15, 0.2) is 42.6 Å². The molecule has 0 saturated heterocycles. The molecular formula is C14H14F2N2O. The number of aromatic nitrogens is 1. The van der Waals surface area contributed by atoms with Gasteiger partial charge in [-0.25, -0.2) is 0 Å². The Bertz CT molecular complexity index is 529. The van der Waals surface area contributed by atoms with Crippen molar-refractivity contribution in [2.45, 2.75) is 20.1 Å². The molecule has 0 aliphatic rings. The van der Waals surface area contributed by atoms with Crippen LogP contribution in [-0.2, 0) is 6.54 Å². The molecule has 0 aliphatic carbocycles. The molecule has 1 aromatic heterocycles. The van der Waals surface area contributed by atoms with Crippen molar-refractivity contribution < 1.29 is 13.5 Å². The molecule has 5 heteroatoms. The van der Waals surface area contributed by atoms with E-state index in [1.54, 1.807) is 18.3 Å². The van der Waals surface area contributed by atoms with Crippen LogP contribution in [0.3, 0.4) is 0 Å². The number of nitrogens with zero attached hydrogens (tertiary/aromatic N) is 1. The molecule has 1 N–H and O–H groups in total. The normalized spacial score (nSPS) is 10.5. The summed E-state index contributed by atoms with van der Waals surface area (Å²) < 4.78 is 28.3. The lowest BCUT2D eigenvalue weighted by atomic mass is 10.2. The van der Waals surface area contributed by atoms with E-state index in [9.17, 15) is 8.78 Å². The molecule has 1 heterocycles. The molecule has 0 bridgehead atoms. The van der Waals surface area contributed by atoms with Crippen molar-refractivity contribution in [1.82, 2.24) is 4.98 Å². The van der Waals surface area contributed by atoms with Gasteiger partial charge in [0.1, 0.15) is 5.75 Å². The minimum absolute atomic E-state index is 0.148. The number of benzene rings is 1. The van der Waals surface area contributed by atoms with E-state index in [1.165, 1.54) is 12.1 Å². The Kier molecular flexibility index (Phi) is 4.28. The third-order valence-electron chi connectivity index (χ3n) is 2.66. The third-order valence-corrected chi connectivity index (χ3v) is 2.66. The lowest BCUT2D eigenvalue weighted by Crippen LogP contribution is -2.04. The molecule has 19 heavy (non-hydrogen) atoms. The molecule has 100 valence electrons. The fourth-order valence-electron chi connectivity index (χ4n) is 1.64. The highest BCUT2D eigenvalue weighted by atomic mass is 19.3. The predicted octanol–water partition coefficient (Wildman–Crippen LogP) is 3.60. The van der Waals surface area contributed by atoms with Gasteiger partial charge in [-0.05, 0) is 42.8 Å². The van der Waals surface area contributed by atoms with Gasteiger partial charge in [-0.2, -0.15) is 8.78 Å². The zero-order chi connectivity index (χ0) is 13.7. The Hall–Kier alpha value is -2.17. The van der Waals surface area contributed by atoms with E-state index in [0.29, 0.717) is 6.54 Å². The first kappa shape index (κ1) is 13.3. The molecule has 2 rings (SSSR count). The quantitative estimate of drug-likeness (QED) is 0.895. The molecule has 0 fully saturated rings. The highest BCUT2D eigenvalue weighted by Crippen LogP contribution is 2.18. The van der Waals surface area contributed by atoms with Crippen LogP contribution < -0.4 is 10.1 Å². The van der Waals surface area contributed by atoms with Gasteiger partial charge in [0.2, 0.25) is 0 Å². The summed E-state index contributed by atoms with van der Waals surface area (Å²) in [6, 6.07) is 10.3. The first-order chi connectivity index (χ1) is 9.15. The Labute approximate surface area is 110 Å². The van der Waals surface area contributed by atoms with Crippen LogP contribution in [-0.4, -0.2) is 11.6 Å². The minimum atomic E-state index is -2.80. The van der Waals surface area contributed by atoms with Crippen LogP contribution in [0.4, 0.5) is 14.5 Å². The second-order valence-electron chi connectivity index (χ2n) is 4.02. The molecular weight excluding hydrogens is 250 g/mol. The first-order valence-corrected chi connectivity index (χ1v) is 5.84. The van der Waals surface area contributed by atoms with E-state index in [0.717, 1.165) is 16.9 Å². The number of nitrogens with one attached hydrogen (secondary N) is 1. The van der Waals surface area contributed by atoms with Gasteiger partial charge in [0.05, 0.1) is 12.2 Å². The zero-order valence-electron chi connectivity index (χ0n) is 10.4. The van der Waals surface area contributed by atoms with Gasteiger partial charge in [0.15, 0.2) is 0 Å². The maximum Gasteiger partial charge on any atom is 0.387 e. The number of pyridine rings is 1. The van der Waals surface area contributed by atoms with E-state index < -0.39 is 6.61 Å². The van der Waals surface area contributed by atoms with E-state index in [4.69, 9.17) is 0 Å². The molecule has 0 radical (unpaired) electrons. The van der Waals surface area contributed by atoms with Gasteiger partial charge < -0.3 is 10.1 Å². The molecule has 0 aliphatic heterocycles. The van der Waals surface area contributed by atoms with Crippen molar-refractivity contribution in [2.24, 2.45) is 0 Å². The van der Waals surface area contributed by atoms with Gasteiger partial charge in [-0.3, -0.25) is 4.98 Å². The van der Waals surface area contributed by atoms with Crippen molar-refractivity contribution in [3.8, 4) is 5.75 Å². The van der Waals surface area contributed by atoms with Crippen molar-refractivity contribution in [3.63, 3.8) is 0 Å². The first-order valence-electron chi connectivity index (χ1n) is 5.84. The Balaban J connectivity index is 1.95. The second-order valence-corrected chi connectivity index (χ2v) is 4.02. The van der Waals surface area contributed by atoms with Gasteiger partial charge in [0, 0.05) is 11.9 Å². The lowest BCUT2D eigenvalue weighted by molar-refractivity contribution is -0.0498. The molecule has 3 nitrogen and oxygen atoms in total. The lowest BCUT2D eigenvalue weighted by Gasteiger charge is -2.09. The van der Waals surface area contributed by atoms with Crippen molar-refractivity contribution >= 4 is 5.69 Å². The number of hydrogen-bond acceptors (Lipinski definition) is 3. The van der Waals surface area contributed by atoms with Crippen LogP contribution in [0.1, 0.15) is 11.3 Å². The van der Waals surface area contributed by atoms with Crippen molar-refractivity contribution in [3.05, 3.63) is 53.9 Å². The summed E-state index contributed by atoms with van der Waals surface area (Å²) in [5.41, 5.74) is 2.88. The number of hydrogen-bond donors (Lipinski definition) is 1. The molecule has 0 spiro atoms. The fourth-order valence-corrected chi connectivity index (χ4v) is 1.64. The summed E-state index contributed by atoms with van der Waals surface area (Å²) in [6.07, 6.45) is 1.74. The van der Waals surface area contributed by atoms with Crippen molar-refractivity contribution in [1.29, 1.82) is 0 Å². The van der Waals surface area contributed by atoms with E-state index in [-0.39, 0.29) is 5.75 Å². The molecule has 0 amide bonds. The van der Waals surface area contributed by atoms with E-state index in [1.807, 2.05) is 19.1 Å². The average Bonchev–Trinajstić information content (AvgIpc) is 2.39. The SMILES string of the molecule is Cc1cccnc1CNc1ccc(OC(F)F)cc1. The predicted molar refractivity (Wildman–Crippen MR) is 69.4 cm³/mol. The topological polar surface area (TPSA) is 34.2 Å². The minimum Gasteiger partial charge on any atom is -0.435 e. The summed E-state index contributed by atoms with van der Waals surface area (Å²) in [5.74, 6) is 0.148. The number of alkyl halides is 2. The molecule has 0 unspecified atom stereocenters. The number of aryl methyl sites for hydroxylation is 1. The third kappa shape index (κ3) is 3.91. The maximum atomic E-state index is 12.0. The van der Waals surface area contributed by atoms with Crippen LogP contribution in [0.5, 0.6) is 5.75 Å². The number of rotatable bonds is 5. The van der Waals surface area contributed by atoms with Crippen LogP contribution >= 0.6 is 0 Å².